The Balaban J connectivity index is 0.000001000. The van der Waals surface area contributed by atoms with Crippen LogP contribution >= 0.6 is 12.4 Å². The average molecular weight is 182 g/mol. The van der Waals surface area contributed by atoms with Gasteiger partial charge in [0.25, 0.3) is 0 Å². The maximum atomic E-state index is 5.10. The largest absolute Gasteiger partial charge is 0.354 e. The van der Waals surface area contributed by atoms with Gasteiger partial charge in [-0.1, -0.05) is 0 Å². The quantitative estimate of drug-likeness (QED) is 0.653. The summed E-state index contributed by atoms with van der Waals surface area (Å²) < 4.78 is 10.2. The summed E-state index contributed by atoms with van der Waals surface area (Å²) in [6.07, 6.45) is 2.32. The zero-order valence-corrected chi connectivity index (χ0v) is 7.82. The lowest BCUT2D eigenvalue weighted by Crippen LogP contribution is -2.37. The predicted octanol–water partition coefficient (Wildman–Crippen LogP) is 0.779. The van der Waals surface area contributed by atoms with E-state index in [-0.39, 0.29) is 18.7 Å². The highest BCUT2D eigenvalue weighted by atomic mass is 35.5. The van der Waals surface area contributed by atoms with Gasteiger partial charge in [0, 0.05) is 14.2 Å². The molecule has 4 heteroatoms. The molecule has 0 aromatic carbocycles. The van der Waals surface area contributed by atoms with Crippen molar-refractivity contribution in [3.8, 4) is 0 Å². The Hall–Kier alpha value is 0.170. The number of nitrogens with one attached hydrogen (secondary N) is 1. The van der Waals surface area contributed by atoms with E-state index in [0.29, 0.717) is 6.04 Å². The lowest BCUT2D eigenvalue weighted by atomic mass is 10.2. The summed E-state index contributed by atoms with van der Waals surface area (Å²) in [7, 11) is 3.35. The van der Waals surface area contributed by atoms with E-state index in [0.717, 1.165) is 13.0 Å². The van der Waals surface area contributed by atoms with E-state index in [1.165, 1.54) is 6.42 Å². The molecule has 1 saturated heterocycles. The number of hydrogen-bond donors (Lipinski definition) is 1. The van der Waals surface area contributed by atoms with Gasteiger partial charge in [0.05, 0.1) is 6.04 Å². The third-order valence-corrected chi connectivity index (χ3v) is 1.89. The first-order chi connectivity index (χ1) is 4.88. The minimum Gasteiger partial charge on any atom is -0.354 e. The van der Waals surface area contributed by atoms with Crippen molar-refractivity contribution in [1.82, 2.24) is 5.32 Å². The molecular formula is C7H16ClNO2. The number of halogens is 1. The van der Waals surface area contributed by atoms with Crippen LogP contribution in [-0.4, -0.2) is 33.1 Å². The van der Waals surface area contributed by atoms with Gasteiger partial charge < -0.3 is 14.8 Å². The Morgan fingerprint density at radius 1 is 1.36 bits per heavy atom. The van der Waals surface area contributed by atoms with Crippen LogP contribution in [0.5, 0.6) is 0 Å². The molecule has 11 heavy (non-hydrogen) atoms. The van der Waals surface area contributed by atoms with Crippen molar-refractivity contribution in [1.29, 1.82) is 0 Å². The molecular weight excluding hydrogens is 166 g/mol. The van der Waals surface area contributed by atoms with Gasteiger partial charge in [0.1, 0.15) is 0 Å². The number of methoxy groups -OCH3 is 2. The van der Waals surface area contributed by atoms with E-state index in [1.54, 1.807) is 14.2 Å². The van der Waals surface area contributed by atoms with Gasteiger partial charge >= 0.3 is 0 Å². The van der Waals surface area contributed by atoms with Gasteiger partial charge in [-0.05, 0) is 19.4 Å². The fourth-order valence-electron chi connectivity index (χ4n) is 1.37. The Kier molecular flexibility index (Phi) is 5.86. The molecule has 0 aromatic rings. The SMILES string of the molecule is COC(OC)C1CCCN1.Cl. The molecule has 1 fully saturated rings. The molecule has 0 aliphatic carbocycles. The first kappa shape index (κ1) is 11.2. The average Bonchev–Trinajstić information content (AvgIpc) is 2.43. The van der Waals surface area contributed by atoms with Crippen LogP contribution in [-0.2, 0) is 9.47 Å². The summed E-state index contributed by atoms with van der Waals surface area (Å²) in [5.74, 6) is 0. The Morgan fingerprint density at radius 2 is 2.00 bits per heavy atom. The molecule has 0 radical (unpaired) electrons. The second-order valence-corrected chi connectivity index (χ2v) is 2.54. The molecule has 0 amide bonds. The maximum absolute atomic E-state index is 5.10. The summed E-state index contributed by atoms with van der Waals surface area (Å²) >= 11 is 0. The molecule has 1 aliphatic rings. The van der Waals surface area contributed by atoms with Gasteiger partial charge in [0.15, 0.2) is 6.29 Å². The van der Waals surface area contributed by atoms with Crippen molar-refractivity contribution >= 4 is 12.4 Å². The third-order valence-electron chi connectivity index (χ3n) is 1.89. The minimum atomic E-state index is -0.0671. The van der Waals surface area contributed by atoms with Crippen LogP contribution in [0.15, 0.2) is 0 Å². The molecule has 0 bridgehead atoms. The molecule has 3 nitrogen and oxygen atoms in total. The zero-order chi connectivity index (χ0) is 7.40. The van der Waals surface area contributed by atoms with Gasteiger partial charge in [0.2, 0.25) is 0 Å². The fourth-order valence-corrected chi connectivity index (χ4v) is 1.37. The summed E-state index contributed by atoms with van der Waals surface area (Å²) in [6.45, 7) is 1.09. The van der Waals surface area contributed by atoms with E-state index < -0.39 is 0 Å². The molecule has 0 aromatic heterocycles. The van der Waals surface area contributed by atoms with Crippen LogP contribution in [0, 0.1) is 0 Å². The molecule has 1 atom stereocenters. The smallest absolute Gasteiger partial charge is 0.171 e. The number of rotatable bonds is 3. The van der Waals surface area contributed by atoms with Gasteiger partial charge in [-0.2, -0.15) is 0 Å². The normalized spacial score (nSPS) is 23.7. The Morgan fingerprint density at radius 3 is 2.36 bits per heavy atom. The molecule has 1 rings (SSSR count). The minimum absolute atomic E-state index is 0. The van der Waals surface area contributed by atoms with E-state index in [1.807, 2.05) is 0 Å². The van der Waals surface area contributed by atoms with Crippen molar-refractivity contribution in [2.24, 2.45) is 0 Å². The molecule has 1 N–H and O–H groups in total. The molecule has 1 unspecified atom stereocenters. The topological polar surface area (TPSA) is 30.5 Å². The highest BCUT2D eigenvalue weighted by Gasteiger charge is 2.23. The van der Waals surface area contributed by atoms with Crippen LogP contribution in [0.3, 0.4) is 0 Å². The lowest BCUT2D eigenvalue weighted by Gasteiger charge is -2.19. The summed E-state index contributed by atoms with van der Waals surface area (Å²) in [5.41, 5.74) is 0. The van der Waals surface area contributed by atoms with Gasteiger partial charge in [-0.15, -0.1) is 12.4 Å². The van der Waals surface area contributed by atoms with Crippen molar-refractivity contribution in [3.05, 3.63) is 0 Å². The maximum Gasteiger partial charge on any atom is 0.171 e. The molecule has 68 valence electrons. The first-order valence-electron chi connectivity index (χ1n) is 3.67. The Labute approximate surface area is 73.9 Å². The van der Waals surface area contributed by atoms with E-state index in [2.05, 4.69) is 5.32 Å². The Bertz CT molecular complexity index is 92.4. The summed E-state index contributed by atoms with van der Waals surface area (Å²) in [4.78, 5) is 0. The monoisotopic (exact) mass is 181 g/mol. The standard InChI is InChI=1S/C7H15NO2.ClH/c1-9-7(10-2)6-4-3-5-8-6;/h6-8H,3-5H2,1-2H3;1H. The predicted molar refractivity (Wildman–Crippen MR) is 46.1 cm³/mol. The van der Waals surface area contributed by atoms with Crippen LogP contribution in [0.2, 0.25) is 0 Å². The molecule has 0 saturated carbocycles. The highest BCUT2D eigenvalue weighted by Crippen LogP contribution is 2.11. The van der Waals surface area contributed by atoms with Crippen molar-refractivity contribution in [2.75, 3.05) is 20.8 Å². The fraction of sp³-hybridized carbons (Fsp3) is 1.00. The van der Waals surface area contributed by atoms with Gasteiger partial charge in [-0.3, -0.25) is 0 Å². The van der Waals surface area contributed by atoms with Crippen LogP contribution in [0.1, 0.15) is 12.8 Å². The molecule has 0 spiro atoms. The summed E-state index contributed by atoms with van der Waals surface area (Å²) in [6, 6.07) is 0.398. The first-order valence-corrected chi connectivity index (χ1v) is 3.67. The van der Waals surface area contributed by atoms with Crippen LogP contribution in [0.4, 0.5) is 0 Å². The van der Waals surface area contributed by atoms with Gasteiger partial charge in [-0.25, -0.2) is 0 Å². The van der Waals surface area contributed by atoms with E-state index in [4.69, 9.17) is 9.47 Å². The second kappa shape index (κ2) is 5.77. The zero-order valence-electron chi connectivity index (χ0n) is 7.00. The van der Waals surface area contributed by atoms with Crippen molar-refractivity contribution < 1.29 is 9.47 Å². The highest BCUT2D eigenvalue weighted by molar-refractivity contribution is 5.85. The molecule has 1 aliphatic heterocycles. The van der Waals surface area contributed by atoms with Crippen LogP contribution in [0.25, 0.3) is 0 Å². The number of ether oxygens (including phenoxy) is 2. The van der Waals surface area contributed by atoms with E-state index in [9.17, 15) is 0 Å². The van der Waals surface area contributed by atoms with Crippen molar-refractivity contribution in [3.63, 3.8) is 0 Å². The molecule has 1 heterocycles. The lowest BCUT2D eigenvalue weighted by molar-refractivity contribution is -0.119. The number of hydrogen-bond acceptors (Lipinski definition) is 3. The van der Waals surface area contributed by atoms with Crippen molar-refractivity contribution in [2.45, 2.75) is 25.2 Å². The second-order valence-electron chi connectivity index (χ2n) is 2.54. The van der Waals surface area contributed by atoms with Crippen LogP contribution < -0.4 is 5.32 Å². The summed E-state index contributed by atoms with van der Waals surface area (Å²) in [5, 5.41) is 3.31. The van der Waals surface area contributed by atoms with E-state index >= 15 is 0 Å². The third kappa shape index (κ3) is 2.95.